The number of hydrogen-bond donors (Lipinski definition) is 1. The standard InChI is InChI=1S/C17H22N6O2/c1-21-12-19-15(20-21)11-18-17(25)22(2)14-9-6-10-23(16(14)24)13-7-4-3-5-8-13/h3-5,7-8,12,14H,6,9-11H2,1-2H3,(H,18,25)/t14-/m0/s1. The molecule has 0 unspecified atom stereocenters. The van der Waals surface area contributed by atoms with Crippen LogP contribution in [-0.4, -0.2) is 51.2 Å². The fourth-order valence-electron chi connectivity index (χ4n) is 2.97. The lowest BCUT2D eigenvalue weighted by Gasteiger charge is -2.36. The number of nitrogens with one attached hydrogen (secondary N) is 1. The highest BCUT2D eigenvalue weighted by molar-refractivity contribution is 5.99. The maximum Gasteiger partial charge on any atom is 0.318 e. The summed E-state index contributed by atoms with van der Waals surface area (Å²) in [7, 11) is 3.42. The molecule has 2 aromatic rings. The van der Waals surface area contributed by atoms with Crippen LogP contribution in [0, 0.1) is 0 Å². The summed E-state index contributed by atoms with van der Waals surface area (Å²) in [5.74, 6) is 0.483. The molecule has 0 saturated carbocycles. The topological polar surface area (TPSA) is 83.4 Å². The van der Waals surface area contributed by atoms with Gasteiger partial charge in [-0.1, -0.05) is 18.2 Å². The van der Waals surface area contributed by atoms with Crippen molar-refractivity contribution in [2.24, 2.45) is 7.05 Å². The highest BCUT2D eigenvalue weighted by Crippen LogP contribution is 2.23. The number of carbonyl (C=O) groups excluding carboxylic acids is 2. The summed E-state index contributed by atoms with van der Waals surface area (Å²) in [5.41, 5.74) is 0.865. The zero-order valence-electron chi connectivity index (χ0n) is 14.4. The molecule has 1 aliphatic heterocycles. The lowest BCUT2D eigenvalue weighted by atomic mass is 10.0. The van der Waals surface area contributed by atoms with Crippen LogP contribution >= 0.6 is 0 Å². The Bertz CT molecular complexity index is 745. The van der Waals surface area contributed by atoms with E-state index in [-0.39, 0.29) is 18.5 Å². The van der Waals surface area contributed by atoms with Crippen molar-refractivity contribution in [1.82, 2.24) is 25.0 Å². The second kappa shape index (κ2) is 7.33. The van der Waals surface area contributed by atoms with E-state index in [1.54, 1.807) is 30.0 Å². The molecular weight excluding hydrogens is 320 g/mol. The molecule has 8 heteroatoms. The molecule has 1 saturated heterocycles. The van der Waals surface area contributed by atoms with Crippen molar-refractivity contribution in [1.29, 1.82) is 0 Å². The van der Waals surface area contributed by atoms with Crippen molar-refractivity contribution in [3.8, 4) is 0 Å². The molecule has 2 heterocycles. The fourth-order valence-corrected chi connectivity index (χ4v) is 2.97. The minimum Gasteiger partial charge on any atom is -0.331 e. The lowest BCUT2D eigenvalue weighted by molar-refractivity contribution is -0.123. The molecule has 1 aliphatic rings. The number of rotatable bonds is 4. The van der Waals surface area contributed by atoms with Gasteiger partial charge in [0, 0.05) is 26.3 Å². The first-order valence-corrected chi connectivity index (χ1v) is 8.28. The van der Waals surface area contributed by atoms with Crippen LogP contribution in [0.2, 0.25) is 0 Å². The average molecular weight is 342 g/mol. The summed E-state index contributed by atoms with van der Waals surface area (Å²) < 4.78 is 1.58. The normalized spacial score (nSPS) is 17.4. The first-order valence-electron chi connectivity index (χ1n) is 8.28. The van der Waals surface area contributed by atoms with Crippen LogP contribution in [0.25, 0.3) is 0 Å². The van der Waals surface area contributed by atoms with E-state index in [1.165, 1.54) is 4.90 Å². The van der Waals surface area contributed by atoms with Crippen LogP contribution in [0.3, 0.4) is 0 Å². The van der Waals surface area contributed by atoms with Crippen LogP contribution in [-0.2, 0) is 18.4 Å². The zero-order chi connectivity index (χ0) is 17.8. The second-order valence-electron chi connectivity index (χ2n) is 6.09. The third kappa shape index (κ3) is 3.78. The number of benzene rings is 1. The van der Waals surface area contributed by atoms with Crippen molar-refractivity contribution in [3.63, 3.8) is 0 Å². The van der Waals surface area contributed by atoms with Crippen molar-refractivity contribution >= 4 is 17.6 Å². The number of nitrogens with zero attached hydrogens (tertiary/aromatic N) is 5. The SMILES string of the molecule is CN(C(=O)NCc1ncn(C)n1)[C@H]1CCCN(c2ccccc2)C1=O. The number of hydrogen-bond acceptors (Lipinski definition) is 4. The second-order valence-corrected chi connectivity index (χ2v) is 6.09. The quantitative estimate of drug-likeness (QED) is 0.903. The minimum atomic E-state index is -0.467. The van der Waals surface area contributed by atoms with Gasteiger partial charge in [0.2, 0.25) is 5.91 Å². The molecular formula is C17H22N6O2. The number of piperidine rings is 1. The van der Waals surface area contributed by atoms with E-state index in [1.807, 2.05) is 30.3 Å². The van der Waals surface area contributed by atoms with Crippen molar-refractivity contribution in [2.75, 3.05) is 18.5 Å². The van der Waals surface area contributed by atoms with Crippen molar-refractivity contribution in [2.45, 2.75) is 25.4 Å². The highest BCUT2D eigenvalue weighted by atomic mass is 16.2. The van der Waals surface area contributed by atoms with Gasteiger partial charge in [0.1, 0.15) is 12.4 Å². The summed E-state index contributed by atoms with van der Waals surface area (Å²) in [6.07, 6.45) is 3.09. The maximum atomic E-state index is 12.8. The van der Waals surface area contributed by atoms with Gasteiger partial charge in [-0.2, -0.15) is 5.10 Å². The number of carbonyl (C=O) groups is 2. The third-order valence-electron chi connectivity index (χ3n) is 4.31. The maximum absolute atomic E-state index is 12.8. The van der Waals surface area contributed by atoms with Gasteiger partial charge in [0.05, 0.1) is 6.54 Å². The van der Waals surface area contributed by atoms with E-state index in [0.717, 1.165) is 12.1 Å². The van der Waals surface area contributed by atoms with Gasteiger partial charge < -0.3 is 15.1 Å². The zero-order valence-corrected chi connectivity index (χ0v) is 14.4. The molecule has 25 heavy (non-hydrogen) atoms. The average Bonchev–Trinajstić information content (AvgIpc) is 3.05. The molecule has 3 rings (SSSR count). The Hall–Kier alpha value is -2.90. The van der Waals surface area contributed by atoms with Crippen LogP contribution < -0.4 is 10.2 Å². The fraction of sp³-hybridized carbons (Fsp3) is 0.412. The van der Waals surface area contributed by atoms with Crippen molar-refractivity contribution in [3.05, 3.63) is 42.5 Å². The van der Waals surface area contributed by atoms with Gasteiger partial charge in [-0.3, -0.25) is 9.48 Å². The number of amides is 3. The number of likely N-dealkylation sites (N-methyl/N-ethyl adjacent to an activating group) is 1. The number of anilines is 1. The molecule has 3 amide bonds. The molecule has 8 nitrogen and oxygen atoms in total. The molecule has 1 fully saturated rings. The van der Waals surface area contributed by atoms with Crippen LogP contribution in [0.5, 0.6) is 0 Å². The Kier molecular flexibility index (Phi) is 4.97. The summed E-state index contributed by atoms with van der Waals surface area (Å²) in [6.45, 7) is 0.903. The summed E-state index contributed by atoms with van der Waals surface area (Å²) in [6, 6.07) is 8.78. The summed E-state index contributed by atoms with van der Waals surface area (Å²) in [4.78, 5) is 32.5. The molecule has 1 aromatic heterocycles. The Morgan fingerprint density at radius 3 is 2.80 bits per heavy atom. The minimum absolute atomic E-state index is 0.0499. The molecule has 1 atom stereocenters. The van der Waals surface area contributed by atoms with Gasteiger partial charge in [-0.05, 0) is 25.0 Å². The van der Waals surface area contributed by atoms with Crippen LogP contribution in [0.15, 0.2) is 36.7 Å². The molecule has 1 aromatic carbocycles. The summed E-state index contributed by atoms with van der Waals surface area (Å²) in [5, 5.41) is 6.88. The van der Waals surface area contributed by atoms with E-state index in [4.69, 9.17) is 0 Å². The smallest absolute Gasteiger partial charge is 0.318 e. The Labute approximate surface area is 146 Å². The molecule has 0 bridgehead atoms. The number of para-hydroxylation sites is 1. The van der Waals surface area contributed by atoms with Gasteiger partial charge in [0.25, 0.3) is 0 Å². The van der Waals surface area contributed by atoms with Crippen molar-refractivity contribution < 1.29 is 9.59 Å². The Morgan fingerprint density at radius 1 is 1.36 bits per heavy atom. The monoisotopic (exact) mass is 342 g/mol. The van der Waals surface area contributed by atoms with Gasteiger partial charge >= 0.3 is 6.03 Å². The van der Waals surface area contributed by atoms with E-state index in [0.29, 0.717) is 18.8 Å². The number of aromatic nitrogens is 3. The van der Waals surface area contributed by atoms with Gasteiger partial charge in [-0.15, -0.1) is 0 Å². The van der Waals surface area contributed by atoms with E-state index in [2.05, 4.69) is 15.4 Å². The third-order valence-corrected chi connectivity index (χ3v) is 4.31. The molecule has 1 N–H and O–H groups in total. The first kappa shape index (κ1) is 16.9. The predicted octanol–water partition coefficient (Wildman–Crippen LogP) is 1.15. The lowest BCUT2D eigenvalue weighted by Crippen LogP contribution is -2.55. The van der Waals surface area contributed by atoms with E-state index < -0.39 is 6.04 Å². The van der Waals surface area contributed by atoms with Crippen LogP contribution in [0.4, 0.5) is 10.5 Å². The Morgan fingerprint density at radius 2 is 2.12 bits per heavy atom. The van der Waals surface area contributed by atoms with Gasteiger partial charge in [0.15, 0.2) is 5.82 Å². The number of urea groups is 1. The molecule has 0 radical (unpaired) electrons. The number of aryl methyl sites for hydroxylation is 1. The summed E-state index contributed by atoms with van der Waals surface area (Å²) >= 11 is 0. The van der Waals surface area contributed by atoms with Crippen LogP contribution in [0.1, 0.15) is 18.7 Å². The molecule has 0 aliphatic carbocycles. The first-order chi connectivity index (χ1) is 12.1. The molecule has 0 spiro atoms. The Balaban J connectivity index is 1.63. The van der Waals surface area contributed by atoms with E-state index >= 15 is 0 Å². The largest absolute Gasteiger partial charge is 0.331 e. The highest BCUT2D eigenvalue weighted by Gasteiger charge is 2.34. The van der Waals surface area contributed by atoms with Gasteiger partial charge in [-0.25, -0.2) is 9.78 Å². The van der Waals surface area contributed by atoms with E-state index in [9.17, 15) is 9.59 Å². The predicted molar refractivity (Wildman–Crippen MR) is 92.8 cm³/mol. The molecule has 132 valence electrons.